The van der Waals surface area contributed by atoms with Gasteiger partial charge in [-0.05, 0) is 49.6 Å². The Kier molecular flexibility index (Phi) is 8.39. The molecule has 1 saturated heterocycles. The number of nitrogen functional groups attached to an aromatic ring is 1. The highest BCUT2D eigenvalue weighted by Crippen LogP contribution is 2.28. The van der Waals surface area contributed by atoms with Gasteiger partial charge in [0.1, 0.15) is 5.75 Å². The zero-order chi connectivity index (χ0) is 26.2. The van der Waals surface area contributed by atoms with Crippen LogP contribution in [0.5, 0.6) is 5.75 Å². The summed E-state index contributed by atoms with van der Waals surface area (Å²) in [6, 6.07) is 16.6. The Labute approximate surface area is 223 Å². The van der Waals surface area contributed by atoms with Crippen molar-refractivity contribution in [2.75, 3.05) is 74.2 Å². The topological polar surface area (TPSA) is 120 Å². The van der Waals surface area contributed by atoms with Gasteiger partial charge in [0, 0.05) is 56.4 Å². The molecule has 10 nitrogen and oxygen atoms in total. The molecule has 38 heavy (non-hydrogen) atoms. The van der Waals surface area contributed by atoms with Gasteiger partial charge in [-0.2, -0.15) is 15.0 Å². The first-order valence-corrected chi connectivity index (χ1v) is 13.3. The van der Waals surface area contributed by atoms with E-state index >= 15 is 0 Å². The average molecular weight is 516 g/mol. The Morgan fingerprint density at radius 2 is 1.63 bits per heavy atom. The summed E-state index contributed by atoms with van der Waals surface area (Å²) < 4.78 is 5.53. The Morgan fingerprint density at radius 3 is 2.45 bits per heavy atom. The lowest BCUT2D eigenvalue weighted by molar-refractivity contribution is 0.253. The molecule has 1 aliphatic heterocycles. The SMILES string of the molecule is COc1ccccc1N1CCN(CCCCNc2nc(N)nc(NCCc3c[nH]c4ccccc34)n2)CC1. The molecule has 0 atom stereocenters. The van der Waals surface area contributed by atoms with Gasteiger partial charge < -0.3 is 31.0 Å². The molecular weight excluding hydrogens is 478 g/mol. The van der Waals surface area contributed by atoms with E-state index in [-0.39, 0.29) is 5.95 Å². The maximum Gasteiger partial charge on any atom is 0.229 e. The fraction of sp³-hybridized carbons (Fsp3) is 0.393. The largest absolute Gasteiger partial charge is 0.495 e. The minimum absolute atomic E-state index is 0.213. The number of fused-ring (bicyclic) bond motifs is 1. The van der Waals surface area contributed by atoms with Gasteiger partial charge in [-0.1, -0.05) is 30.3 Å². The summed E-state index contributed by atoms with van der Waals surface area (Å²) in [7, 11) is 1.73. The van der Waals surface area contributed by atoms with Gasteiger partial charge >= 0.3 is 0 Å². The van der Waals surface area contributed by atoms with Crippen molar-refractivity contribution < 1.29 is 4.74 Å². The summed E-state index contributed by atoms with van der Waals surface area (Å²) in [5.41, 5.74) is 9.52. The van der Waals surface area contributed by atoms with E-state index in [9.17, 15) is 0 Å². The van der Waals surface area contributed by atoms with Crippen LogP contribution in [0.4, 0.5) is 23.5 Å². The summed E-state index contributed by atoms with van der Waals surface area (Å²) in [6.07, 6.45) is 5.05. The van der Waals surface area contributed by atoms with Gasteiger partial charge in [0.15, 0.2) is 0 Å². The summed E-state index contributed by atoms with van der Waals surface area (Å²) in [5, 5.41) is 7.83. The number of aromatic amines is 1. The summed E-state index contributed by atoms with van der Waals surface area (Å²) >= 11 is 0. The number of nitrogens with zero attached hydrogens (tertiary/aromatic N) is 5. The Bertz CT molecular complexity index is 1320. The number of anilines is 4. The lowest BCUT2D eigenvalue weighted by atomic mass is 10.1. The van der Waals surface area contributed by atoms with Crippen molar-refractivity contribution in [1.29, 1.82) is 0 Å². The molecule has 200 valence electrons. The minimum atomic E-state index is 0.213. The maximum absolute atomic E-state index is 5.93. The number of benzene rings is 2. The predicted octanol–water partition coefficient (Wildman–Crippen LogP) is 3.61. The molecule has 5 rings (SSSR count). The van der Waals surface area contributed by atoms with Crippen LogP contribution in [0.15, 0.2) is 54.7 Å². The second-order valence-electron chi connectivity index (χ2n) is 9.51. The van der Waals surface area contributed by atoms with Crippen molar-refractivity contribution >= 4 is 34.4 Å². The fourth-order valence-electron chi connectivity index (χ4n) is 4.96. The molecule has 0 saturated carbocycles. The molecule has 2 aromatic heterocycles. The van der Waals surface area contributed by atoms with Gasteiger partial charge in [0.2, 0.25) is 17.8 Å². The van der Waals surface area contributed by atoms with Crippen LogP contribution in [0, 0.1) is 0 Å². The highest BCUT2D eigenvalue weighted by Gasteiger charge is 2.19. The lowest BCUT2D eigenvalue weighted by Crippen LogP contribution is -2.46. The van der Waals surface area contributed by atoms with E-state index < -0.39 is 0 Å². The van der Waals surface area contributed by atoms with Gasteiger partial charge in [0.05, 0.1) is 12.8 Å². The summed E-state index contributed by atoms with van der Waals surface area (Å²) in [6.45, 7) is 6.72. The molecule has 0 aliphatic carbocycles. The predicted molar refractivity (Wildman–Crippen MR) is 154 cm³/mol. The highest BCUT2D eigenvalue weighted by atomic mass is 16.5. The lowest BCUT2D eigenvalue weighted by Gasteiger charge is -2.36. The van der Waals surface area contributed by atoms with E-state index in [0.29, 0.717) is 18.4 Å². The first kappa shape index (κ1) is 25.6. The van der Waals surface area contributed by atoms with Crippen molar-refractivity contribution in [1.82, 2.24) is 24.8 Å². The molecule has 10 heteroatoms. The van der Waals surface area contributed by atoms with Crippen molar-refractivity contribution in [3.05, 3.63) is 60.3 Å². The third-order valence-corrected chi connectivity index (χ3v) is 6.99. The van der Waals surface area contributed by atoms with Crippen LogP contribution in [-0.4, -0.2) is 77.8 Å². The Hall–Kier alpha value is -4.05. The molecule has 0 spiro atoms. The number of methoxy groups -OCH3 is 1. The number of ether oxygens (including phenoxy) is 1. The number of nitrogens with two attached hydrogens (primary N) is 1. The fourth-order valence-corrected chi connectivity index (χ4v) is 4.96. The smallest absolute Gasteiger partial charge is 0.229 e. The molecule has 1 fully saturated rings. The van der Waals surface area contributed by atoms with Gasteiger partial charge in [0.25, 0.3) is 0 Å². The third kappa shape index (κ3) is 6.44. The molecule has 0 bridgehead atoms. The Morgan fingerprint density at radius 1 is 0.895 bits per heavy atom. The molecular formula is C28H37N9O. The molecule has 3 heterocycles. The number of piperazine rings is 1. The zero-order valence-electron chi connectivity index (χ0n) is 22.0. The number of nitrogens with one attached hydrogen (secondary N) is 3. The maximum atomic E-state index is 5.93. The van der Waals surface area contributed by atoms with Gasteiger partial charge in [-0.3, -0.25) is 4.90 Å². The molecule has 1 aliphatic rings. The van der Waals surface area contributed by atoms with Crippen LogP contribution >= 0.6 is 0 Å². The quantitative estimate of drug-likeness (QED) is 0.210. The zero-order valence-corrected chi connectivity index (χ0v) is 22.0. The normalized spacial score (nSPS) is 14.1. The average Bonchev–Trinajstić information content (AvgIpc) is 3.36. The van der Waals surface area contributed by atoms with Crippen LogP contribution in [0.1, 0.15) is 18.4 Å². The van der Waals surface area contributed by atoms with Crippen LogP contribution < -0.4 is 26.0 Å². The molecule has 0 amide bonds. The second-order valence-corrected chi connectivity index (χ2v) is 9.51. The van der Waals surface area contributed by atoms with E-state index in [2.05, 4.69) is 76.9 Å². The second kappa shape index (κ2) is 12.5. The van der Waals surface area contributed by atoms with Crippen LogP contribution in [-0.2, 0) is 6.42 Å². The van der Waals surface area contributed by atoms with Crippen molar-refractivity contribution in [3.63, 3.8) is 0 Å². The van der Waals surface area contributed by atoms with E-state index in [0.717, 1.165) is 69.8 Å². The van der Waals surface area contributed by atoms with Crippen LogP contribution in [0.25, 0.3) is 10.9 Å². The van der Waals surface area contributed by atoms with Gasteiger partial charge in [-0.25, -0.2) is 0 Å². The summed E-state index contributed by atoms with van der Waals surface area (Å²) in [5.74, 6) is 2.16. The number of hydrogen-bond donors (Lipinski definition) is 4. The number of para-hydroxylation sites is 3. The van der Waals surface area contributed by atoms with Crippen LogP contribution in [0.2, 0.25) is 0 Å². The number of aromatic nitrogens is 4. The van der Waals surface area contributed by atoms with Crippen molar-refractivity contribution in [2.45, 2.75) is 19.3 Å². The monoisotopic (exact) mass is 515 g/mol. The molecule has 5 N–H and O–H groups in total. The van der Waals surface area contributed by atoms with Gasteiger partial charge in [-0.15, -0.1) is 0 Å². The number of H-pyrrole nitrogens is 1. The third-order valence-electron chi connectivity index (χ3n) is 6.99. The van der Waals surface area contributed by atoms with Crippen LogP contribution in [0.3, 0.4) is 0 Å². The summed E-state index contributed by atoms with van der Waals surface area (Å²) in [4.78, 5) is 21.2. The number of unbranched alkanes of at least 4 members (excludes halogenated alkanes) is 1. The molecule has 4 aromatic rings. The van der Waals surface area contributed by atoms with E-state index in [1.165, 1.54) is 16.6 Å². The minimum Gasteiger partial charge on any atom is -0.495 e. The standard InChI is InChI=1S/C28H37N9O/c1-38-25-11-5-4-10-24(25)37-18-16-36(17-19-37)15-7-6-13-30-27-33-26(29)34-28(35-27)31-14-12-21-20-32-23-9-3-2-8-22(21)23/h2-5,8-11,20,32H,6-7,12-19H2,1H3,(H4,29,30,31,33,34,35). The van der Waals surface area contributed by atoms with E-state index in [4.69, 9.17) is 10.5 Å². The van der Waals surface area contributed by atoms with Crippen molar-refractivity contribution in [3.8, 4) is 5.75 Å². The Balaban J connectivity index is 1.01. The first-order chi connectivity index (χ1) is 18.7. The first-order valence-electron chi connectivity index (χ1n) is 13.3. The van der Waals surface area contributed by atoms with E-state index in [1.54, 1.807) is 7.11 Å². The number of hydrogen-bond acceptors (Lipinski definition) is 9. The highest BCUT2D eigenvalue weighted by molar-refractivity contribution is 5.83. The van der Waals surface area contributed by atoms with Crippen molar-refractivity contribution in [2.24, 2.45) is 0 Å². The molecule has 0 unspecified atom stereocenters. The number of rotatable bonds is 12. The van der Waals surface area contributed by atoms with E-state index in [1.807, 2.05) is 18.2 Å². The molecule has 0 radical (unpaired) electrons. The molecule has 2 aromatic carbocycles.